The van der Waals surface area contributed by atoms with Crippen molar-refractivity contribution >= 4 is 33.4 Å². The number of anilines is 1. The van der Waals surface area contributed by atoms with E-state index < -0.39 is 0 Å². The van der Waals surface area contributed by atoms with E-state index in [9.17, 15) is 4.79 Å². The number of carbonyl (C=O) groups excluding carboxylic acids is 1. The highest BCUT2D eigenvalue weighted by Crippen LogP contribution is 2.28. The van der Waals surface area contributed by atoms with Crippen molar-refractivity contribution < 1.29 is 9.53 Å². The first-order chi connectivity index (χ1) is 14.0. The molecule has 0 bridgehead atoms. The first kappa shape index (κ1) is 19.1. The second-order valence-electron chi connectivity index (χ2n) is 6.67. The molecule has 0 atom stereocenters. The zero-order valence-electron chi connectivity index (χ0n) is 16.7. The number of aromatic nitrogens is 4. The van der Waals surface area contributed by atoms with Gasteiger partial charge in [-0.05, 0) is 51.1 Å². The van der Waals surface area contributed by atoms with E-state index in [0.717, 1.165) is 33.8 Å². The fraction of sp³-hybridized carbons (Fsp3) is 0.238. The van der Waals surface area contributed by atoms with Crippen LogP contribution < -0.4 is 10.1 Å². The largest absolute Gasteiger partial charge is 0.494 e. The first-order valence-corrected chi connectivity index (χ1v) is 10.1. The summed E-state index contributed by atoms with van der Waals surface area (Å²) in [5.41, 5.74) is 4.56. The fourth-order valence-corrected chi connectivity index (χ4v) is 3.98. The van der Waals surface area contributed by atoms with E-state index in [1.54, 1.807) is 10.7 Å². The molecular weight excluding hydrogens is 386 g/mol. The molecule has 1 amide bonds. The van der Waals surface area contributed by atoms with E-state index in [-0.39, 0.29) is 5.91 Å². The summed E-state index contributed by atoms with van der Waals surface area (Å²) < 4.78 is 7.17. The molecule has 8 heteroatoms. The van der Waals surface area contributed by atoms with E-state index >= 15 is 0 Å². The van der Waals surface area contributed by atoms with Gasteiger partial charge in [0.1, 0.15) is 5.75 Å². The predicted octanol–water partition coefficient (Wildman–Crippen LogP) is 4.36. The number of benzene rings is 1. The molecule has 4 rings (SSSR count). The van der Waals surface area contributed by atoms with Crippen LogP contribution in [-0.4, -0.2) is 32.3 Å². The number of rotatable bonds is 5. The average molecular weight is 407 g/mol. The topological polar surface area (TPSA) is 81.9 Å². The van der Waals surface area contributed by atoms with Crippen LogP contribution in [0.5, 0.6) is 5.75 Å². The molecular formula is C21H21N5O2S. The average Bonchev–Trinajstić information content (AvgIpc) is 3.26. The number of nitrogens with one attached hydrogen (secondary N) is 1. The number of amides is 1. The third kappa shape index (κ3) is 3.71. The highest BCUT2D eigenvalue weighted by molar-refractivity contribution is 7.14. The number of nitrogens with zero attached hydrogens (tertiary/aromatic N) is 4. The van der Waals surface area contributed by atoms with Crippen molar-refractivity contribution in [1.82, 2.24) is 19.7 Å². The van der Waals surface area contributed by atoms with Crippen molar-refractivity contribution in [2.45, 2.75) is 20.8 Å². The molecule has 0 fully saturated rings. The quantitative estimate of drug-likeness (QED) is 0.532. The standard InChI is InChI=1S/C21H21N5O2S/c1-5-28-15-8-6-14(7-9-15)17-11-29-21(23-17)24-20(27)16-10-12(2)22-19-18(16)13(3)25-26(19)4/h6-11H,5H2,1-4H3,(H,23,24,27). The number of hydrogen-bond acceptors (Lipinski definition) is 6. The SMILES string of the molecule is CCOc1ccc(-c2csc(NC(=O)c3cc(C)nc4c3c(C)nn4C)n2)cc1. The molecule has 4 aromatic rings. The zero-order chi connectivity index (χ0) is 20.5. The van der Waals surface area contributed by atoms with Crippen molar-refractivity contribution in [2.75, 3.05) is 11.9 Å². The van der Waals surface area contributed by atoms with Crippen LogP contribution in [0.3, 0.4) is 0 Å². The molecule has 1 aromatic carbocycles. The maximum absolute atomic E-state index is 13.0. The summed E-state index contributed by atoms with van der Waals surface area (Å²) in [5.74, 6) is 0.605. The third-order valence-electron chi connectivity index (χ3n) is 4.53. The Labute approximate surface area is 172 Å². The fourth-order valence-electron chi connectivity index (χ4n) is 3.27. The highest BCUT2D eigenvalue weighted by atomic mass is 32.1. The minimum absolute atomic E-state index is 0.218. The Morgan fingerprint density at radius 1 is 1.21 bits per heavy atom. The van der Waals surface area contributed by atoms with Crippen LogP contribution in [0.4, 0.5) is 5.13 Å². The van der Waals surface area contributed by atoms with Gasteiger partial charge in [0, 0.05) is 23.7 Å². The van der Waals surface area contributed by atoms with Crippen molar-refractivity contribution in [3.63, 3.8) is 0 Å². The Balaban J connectivity index is 1.59. The Morgan fingerprint density at radius 2 is 1.97 bits per heavy atom. The maximum Gasteiger partial charge on any atom is 0.258 e. The van der Waals surface area contributed by atoms with Crippen molar-refractivity contribution in [2.24, 2.45) is 7.05 Å². The number of hydrogen-bond donors (Lipinski definition) is 1. The van der Waals surface area contributed by atoms with E-state index in [1.165, 1.54) is 11.3 Å². The van der Waals surface area contributed by atoms with Gasteiger partial charge in [-0.2, -0.15) is 5.10 Å². The minimum atomic E-state index is -0.218. The van der Waals surface area contributed by atoms with E-state index in [2.05, 4.69) is 20.4 Å². The van der Waals surface area contributed by atoms with E-state index in [0.29, 0.717) is 22.9 Å². The molecule has 0 saturated heterocycles. The van der Waals surface area contributed by atoms with Gasteiger partial charge in [-0.3, -0.25) is 14.8 Å². The summed E-state index contributed by atoms with van der Waals surface area (Å²) in [5, 5.41) is 10.5. The molecule has 0 aliphatic heterocycles. The predicted molar refractivity (Wildman–Crippen MR) is 115 cm³/mol. The lowest BCUT2D eigenvalue weighted by atomic mass is 10.1. The smallest absolute Gasteiger partial charge is 0.258 e. The van der Waals surface area contributed by atoms with Gasteiger partial charge >= 0.3 is 0 Å². The van der Waals surface area contributed by atoms with Gasteiger partial charge in [-0.15, -0.1) is 11.3 Å². The van der Waals surface area contributed by atoms with Crippen LogP contribution in [0.2, 0.25) is 0 Å². The van der Waals surface area contributed by atoms with Crippen molar-refractivity contribution in [3.05, 3.63) is 52.7 Å². The van der Waals surface area contributed by atoms with Gasteiger partial charge in [0.15, 0.2) is 10.8 Å². The molecule has 0 aliphatic rings. The Bertz CT molecular complexity index is 1190. The summed E-state index contributed by atoms with van der Waals surface area (Å²) in [4.78, 5) is 22.0. The number of thiazole rings is 1. The number of ether oxygens (including phenoxy) is 1. The third-order valence-corrected chi connectivity index (χ3v) is 5.28. The lowest BCUT2D eigenvalue weighted by Crippen LogP contribution is -2.13. The second-order valence-corrected chi connectivity index (χ2v) is 7.53. The van der Waals surface area contributed by atoms with Crippen LogP contribution in [-0.2, 0) is 7.05 Å². The van der Waals surface area contributed by atoms with E-state index in [1.807, 2.05) is 57.5 Å². The molecule has 7 nitrogen and oxygen atoms in total. The van der Waals surface area contributed by atoms with Gasteiger partial charge in [-0.1, -0.05) is 0 Å². The van der Waals surface area contributed by atoms with Crippen LogP contribution in [0, 0.1) is 13.8 Å². The number of pyridine rings is 1. The van der Waals surface area contributed by atoms with E-state index in [4.69, 9.17) is 4.74 Å². The molecule has 3 heterocycles. The van der Waals surface area contributed by atoms with Gasteiger partial charge in [0.25, 0.3) is 5.91 Å². The summed E-state index contributed by atoms with van der Waals surface area (Å²) >= 11 is 1.39. The lowest BCUT2D eigenvalue weighted by Gasteiger charge is -2.06. The van der Waals surface area contributed by atoms with Crippen LogP contribution in [0.25, 0.3) is 22.3 Å². The summed E-state index contributed by atoms with van der Waals surface area (Å²) in [7, 11) is 1.83. The molecule has 0 saturated carbocycles. The van der Waals surface area contributed by atoms with Gasteiger partial charge in [0.2, 0.25) is 0 Å². The number of aryl methyl sites for hydroxylation is 3. The summed E-state index contributed by atoms with van der Waals surface area (Å²) in [6.45, 7) is 6.33. The highest BCUT2D eigenvalue weighted by Gasteiger charge is 2.19. The minimum Gasteiger partial charge on any atom is -0.494 e. The van der Waals surface area contributed by atoms with Crippen LogP contribution >= 0.6 is 11.3 Å². The van der Waals surface area contributed by atoms with Gasteiger partial charge in [-0.25, -0.2) is 9.97 Å². The van der Waals surface area contributed by atoms with Crippen LogP contribution in [0.1, 0.15) is 28.7 Å². The molecule has 29 heavy (non-hydrogen) atoms. The summed E-state index contributed by atoms with van der Waals surface area (Å²) in [6.07, 6.45) is 0. The molecule has 0 radical (unpaired) electrons. The monoisotopic (exact) mass is 407 g/mol. The Hall–Kier alpha value is -3.26. The van der Waals surface area contributed by atoms with Crippen molar-refractivity contribution in [1.29, 1.82) is 0 Å². The zero-order valence-corrected chi connectivity index (χ0v) is 17.5. The normalized spacial score (nSPS) is 11.0. The Kier molecular flexibility index (Phi) is 5.02. The molecule has 3 aromatic heterocycles. The molecule has 0 spiro atoms. The number of carbonyl (C=O) groups is 1. The maximum atomic E-state index is 13.0. The number of fused-ring (bicyclic) bond motifs is 1. The molecule has 0 aliphatic carbocycles. The summed E-state index contributed by atoms with van der Waals surface area (Å²) in [6, 6.07) is 9.53. The molecule has 148 valence electrons. The van der Waals surface area contributed by atoms with Crippen LogP contribution in [0.15, 0.2) is 35.7 Å². The molecule has 0 unspecified atom stereocenters. The Morgan fingerprint density at radius 3 is 2.69 bits per heavy atom. The van der Waals surface area contributed by atoms with Gasteiger partial charge < -0.3 is 4.74 Å². The van der Waals surface area contributed by atoms with Gasteiger partial charge in [0.05, 0.1) is 28.9 Å². The molecule has 1 N–H and O–H groups in total. The lowest BCUT2D eigenvalue weighted by molar-refractivity contribution is 0.102. The second kappa shape index (κ2) is 7.63. The van der Waals surface area contributed by atoms with Crippen molar-refractivity contribution in [3.8, 4) is 17.0 Å². The first-order valence-electron chi connectivity index (χ1n) is 9.27.